The van der Waals surface area contributed by atoms with Crippen molar-refractivity contribution in [2.75, 3.05) is 22.9 Å². The van der Waals surface area contributed by atoms with E-state index in [1.54, 1.807) is 0 Å². The van der Waals surface area contributed by atoms with E-state index in [0.29, 0.717) is 0 Å². The molecule has 1 aliphatic rings. The summed E-state index contributed by atoms with van der Waals surface area (Å²) in [4.78, 5) is 4.81. The minimum absolute atomic E-state index is 0. The maximum absolute atomic E-state index is 2.41. The zero-order chi connectivity index (χ0) is 16.7. The molecule has 4 heteroatoms. The molecular weight excluding hydrogens is 424 g/mol. The van der Waals surface area contributed by atoms with Crippen molar-refractivity contribution in [2.45, 2.75) is 41.5 Å². The maximum Gasteiger partial charge on any atom is 1.00 e. The number of hydrogen-bond donors (Lipinski definition) is 0. The normalized spacial score (nSPS) is 13.5. The summed E-state index contributed by atoms with van der Waals surface area (Å²) in [6.07, 6.45) is 0. The van der Waals surface area contributed by atoms with E-state index in [9.17, 15) is 0 Å². The van der Waals surface area contributed by atoms with E-state index in [2.05, 4.69) is 82.3 Å². The molecule has 0 aromatic heterocycles. The number of anilines is 2. The second-order valence-corrected chi connectivity index (χ2v) is 7.00. The van der Waals surface area contributed by atoms with Gasteiger partial charge in [0.15, 0.2) is 0 Å². The summed E-state index contributed by atoms with van der Waals surface area (Å²) in [5.41, 5.74) is 10.8. The Balaban J connectivity index is 0.00000156. The third kappa shape index (κ3) is 4.42. The van der Waals surface area contributed by atoms with Crippen LogP contribution in [0.2, 0.25) is 0 Å². The van der Waals surface area contributed by atoms with Gasteiger partial charge in [-0.3, -0.25) is 0 Å². The van der Waals surface area contributed by atoms with Crippen molar-refractivity contribution >= 4 is 11.4 Å². The van der Waals surface area contributed by atoms with Crippen LogP contribution in [-0.2, 0) is 17.1 Å². The molecule has 1 fully saturated rings. The van der Waals surface area contributed by atoms with Crippen LogP contribution in [0, 0.1) is 48.2 Å². The quantitative estimate of drug-likeness (QED) is 0.646. The Morgan fingerprint density at radius 2 is 0.880 bits per heavy atom. The van der Waals surface area contributed by atoms with Crippen molar-refractivity contribution in [2.24, 2.45) is 0 Å². The van der Waals surface area contributed by atoms with Gasteiger partial charge in [-0.15, -0.1) is 0 Å². The Morgan fingerprint density at radius 1 is 0.600 bits per heavy atom. The van der Waals surface area contributed by atoms with Crippen LogP contribution in [0.1, 0.15) is 33.4 Å². The van der Waals surface area contributed by atoms with E-state index in [4.69, 9.17) is 0 Å². The molecule has 1 heterocycles. The average Bonchev–Trinajstić information content (AvgIpc) is 2.85. The molecule has 3 rings (SSSR count). The molecule has 1 radical (unpaired) electrons. The molecule has 0 spiro atoms. The molecule has 0 saturated carbocycles. The molecule has 139 valence electrons. The van der Waals surface area contributed by atoms with E-state index in [-0.39, 0.29) is 34.1 Å². The predicted molar refractivity (Wildman–Crippen MR) is 100 cm³/mol. The van der Waals surface area contributed by atoms with Crippen LogP contribution in [0.15, 0.2) is 24.3 Å². The Bertz CT molecular complexity index is 648. The molecule has 0 N–H and O–H groups in total. The third-order valence-electron chi connectivity index (χ3n) is 4.71. The van der Waals surface area contributed by atoms with E-state index in [1.165, 1.54) is 44.8 Å². The van der Waals surface area contributed by atoms with Crippen LogP contribution >= 0.6 is 0 Å². The fourth-order valence-electron chi connectivity index (χ4n) is 4.09. The number of benzene rings is 2. The zero-order valence-electron chi connectivity index (χ0n) is 15.9. The second-order valence-electron chi connectivity index (χ2n) is 7.00. The average molecular weight is 451 g/mol. The van der Waals surface area contributed by atoms with Gasteiger partial charge >= 0.3 is 17.1 Å². The Labute approximate surface area is 173 Å². The Morgan fingerprint density at radius 3 is 1.16 bits per heavy atom. The summed E-state index contributed by atoms with van der Waals surface area (Å²) in [7, 11) is 0. The molecule has 0 aliphatic carbocycles. The summed E-state index contributed by atoms with van der Waals surface area (Å²) >= 11 is 0. The number of hydrogen-bond acceptors (Lipinski definition) is 2. The first-order valence-corrected chi connectivity index (χ1v) is 8.41. The molecule has 0 atom stereocenters. The van der Waals surface area contributed by atoms with Crippen LogP contribution in [0.25, 0.3) is 0 Å². The van der Waals surface area contributed by atoms with Crippen LogP contribution in [-0.4, -0.2) is 13.1 Å². The number of nitrogens with zero attached hydrogens (tertiary/aromatic N) is 2. The summed E-state index contributed by atoms with van der Waals surface area (Å²) in [6, 6.07) is 9.12. The molecule has 0 bridgehead atoms. The van der Waals surface area contributed by atoms with E-state index in [1.807, 2.05) is 0 Å². The van der Waals surface area contributed by atoms with Gasteiger partial charge in [-0.25, -0.2) is 0 Å². The van der Waals surface area contributed by atoms with Crippen LogP contribution < -0.4 is 26.8 Å². The van der Waals surface area contributed by atoms with Gasteiger partial charge in [-0.2, -0.15) is 0 Å². The summed E-state index contributed by atoms with van der Waals surface area (Å²) in [5, 5.41) is 0. The van der Waals surface area contributed by atoms with Crippen molar-refractivity contribution < 1.29 is 34.1 Å². The predicted octanol–water partition coefficient (Wildman–Crippen LogP) is 1.98. The monoisotopic (exact) mass is 449 g/mol. The first kappa shape index (κ1) is 22.1. The molecule has 1 aliphatic heterocycles. The largest absolute Gasteiger partial charge is 1.00 e. The van der Waals surface area contributed by atoms with Crippen molar-refractivity contribution in [3.05, 3.63) is 64.3 Å². The first-order chi connectivity index (χ1) is 10.9. The molecular formula is C21H27BrCuN2. The Kier molecular flexibility index (Phi) is 7.61. The molecule has 25 heavy (non-hydrogen) atoms. The van der Waals surface area contributed by atoms with E-state index in [0.717, 1.165) is 13.1 Å². The molecule has 1 saturated heterocycles. The maximum atomic E-state index is 2.41. The van der Waals surface area contributed by atoms with Gasteiger partial charge in [0, 0.05) is 24.5 Å². The van der Waals surface area contributed by atoms with Gasteiger partial charge in [0.2, 0.25) is 0 Å². The number of halogens is 1. The van der Waals surface area contributed by atoms with Gasteiger partial charge in [-0.1, -0.05) is 35.4 Å². The molecule has 2 aromatic carbocycles. The molecule has 0 unspecified atom stereocenters. The van der Waals surface area contributed by atoms with Gasteiger partial charge < -0.3 is 26.8 Å². The van der Waals surface area contributed by atoms with Crippen LogP contribution in [0.3, 0.4) is 0 Å². The minimum Gasteiger partial charge on any atom is -1.00 e. The van der Waals surface area contributed by atoms with E-state index >= 15 is 0 Å². The van der Waals surface area contributed by atoms with Crippen molar-refractivity contribution in [3.8, 4) is 0 Å². The van der Waals surface area contributed by atoms with Gasteiger partial charge in [0.1, 0.15) is 6.67 Å². The first-order valence-electron chi connectivity index (χ1n) is 8.41. The topological polar surface area (TPSA) is 6.48 Å². The van der Waals surface area contributed by atoms with Gasteiger partial charge in [0.25, 0.3) is 0 Å². The fraction of sp³-hybridized carbons (Fsp3) is 0.381. The van der Waals surface area contributed by atoms with Crippen LogP contribution in [0.4, 0.5) is 11.4 Å². The smallest absolute Gasteiger partial charge is 1.00 e. The van der Waals surface area contributed by atoms with E-state index < -0.39 is 0 Å². The summed E-state index contributed by atoms with van der Waals surface area (Å²) in [5.74, 6) is 0. The number of rotatable bonds is 2. The number of aryl methyl sites for hydroxylation is 6. The van der Waals surface area contributed by atoms with Crippen LogP contribution in [0.5, 0.6) is 0 Å². The van der Waals surface area contributed by atoms with Crippen molar-refractivity contribution in [3.63, 3.8) is 0 Å². The van der Waals surface area contributed by atoms with Gasteiger partial charge in [-0.05, 0) is 63.8 Å². The molecule has 2 nitrogen and oxygen atoms in total. The minimum atomic E-state index is 0. The summed E-state index contributed by atoms with van der Waals surface area (Å²) in [6.45, 7) is 17.6. The van der Waals surface area contributed by atoms with Crippen molar-refractivity contribution in [1.82, 2.24) is 0 Å². The summed E-state index contributed by atoms with van der Waals surface area (Å²) < 4.78 is 0. The zero-order valence-corrected chi connectivity index (χ0v) is 18.4. The third-order valence-corrected chi connectivity index (χ3v) is 4.71. The van der Waals surface area contributed by atoms with Gasteiger partial charge in [0.05, 0.1) is 0 Å². The second kappa shape index (κ2) is 8.62. The SMILES string of the molecule is Cc1cc(C)c(N2[CH]N(c3c(C)cc(C)cc3C)CC2)c(C)c1.[Br-].[Cu+]. The fourth-order valence-corrected chi connectivity index (χ4v) is 4.09. The standard InChI is InChI=1S/C21H27N2.BrH.Cu/c1-14-9-16(3)20(17(4)10-14)22-7-8-23(13-22)21-18(5)11-15(2)12-19(21)6;;/h9-13H,7-8H2,1-6H3;1H;/q;;+1/p-1. The van der Waals surface area contributed by atoms with Crippen molar-refractivity contribution in [1.29, 1.82) is 0 Å². The molecule has 2 aromatic rings. The molecule has 0 amide bonds. The Hall–Kier alpha value is -0.961.